The van der Waals surface area contributed by atoms with Gasteiger partial charge in [-0.3, -0.25) is 0 Å². The summed E-state index contributed by atoms with van der Waals surface area (Å²) in [4.78, 5) is 0. The second-order valence-electron chi connectivity index (χ2n) is 5.97. The van der Waals surface area contributed by atoms with Gasteiger partial charge >= 0.3 is 0 Å². The fraction of sp³-hybridized carbons (Fsp3) is 1.00. The first kappa shape index (κ1) is 10.5. The van der Waals surface area contributed by atoms with Crippen LogP contribution in [0.3, 0.4) is 0 Å². The quantitative estimate of drug-likeness (QED) is 0.716. The molecule has 1 heteroatoms. The molecule has 1 nitrogen and oxygen atoms in total. The van der Waals surface area contributed by atoms with Crippen LogP contribution < -0.4 is 0 Å². The van der Waals surface area contributed by atoms with Crippen LogP contribution in [0.2, 0.25) is 0 Å². The van der Waals surface area contributed by atoms with Crippen LogP contribution in [0.25, 0.3) is 0 Å². The molecule has 2 fully saturated rings. The van der Waals surface area contributed by atoms with Gasteiger partial charge in [-0.05, 0) is 49.9 Å². The smallest absolute Gasteiger partial charge is 0.0706 e. The summed E-state index contributed by atoms with van der Waals surface area (Å²) in [6, 6.07) is 0. The van der Waals surface area contributed by atoms with Crippen molar-refractivity contribution in [1.82, 2.24) is 0 Å². The summed E-state index contributed by atoms with van der Waals surface area (Å²) < 4.78 is 0. The van der Waals surface area contributed by atoms with E-state index in [1.54, 1.807) is 0 Å². The van der Waals surface area contributed by atoms with E-state index >= 15 is 0 Å². The zero-order valence-corrected chi connectivity index (χ0v) is 9.68. The van der Waals surface area contributed by atoms with Gasteiger partial charge < -0.3 is 5.11 Å². The Morgan fingerprint density at radius 2 is 1.57 bits per heavy atom. The summed E-state index contributed by atoms with van der Waals surface area (Å²) in [5.74, 6) is 0.635. The van der Waals surface area contributed by atoms with E-state index in [0.29, 0.717) is 11.3 Å². The predicted octanol–water partition coefficient (Wildman–Crippen LogP) is 3.51. The lowest BCUT2D eigenvalue weighted by molar-refractivity contribution is -0.0731. The van der Waals surface area contributed by atoms with Gasteiger partial charge in [0.1, 0.15) is 0 Å². The fourth-order valence-corrected chi connectivity index (χ4v) is 3.98. The Labute approximate surface area is 87.9 Å². The molecular weight excluding hydrogens is 172 g/mol. The Morgan fingerprint density at radius 1 is 1.00 bits per heavy atom. The van der Waals surface area contributed by atoms with Crippen LogP contribution in [0.5, 0.6) is 0 Å². The molecule has 0 radical (unpaired) electrons. The molecular formula is C13H24O. The summed E-state index contributed by atoms with van der Waals surface area (Å²) in [7, 11) is 0. The molecule has 0 saturated heterocycles. The van der Waals surface area contributed by atoms with Crippen molar-refractivity contribution in [3.63, 3.8) is 0 Å². The summed E-state index contributed by atoms with van der Waals surface area (Å²) in [6.07, 6.45) is 9.89. The molecule has 1 unspecified atom stereocenters. The average Bonchev–Trinajstić information content (AvgIpc) is 2.62. The third kappa shape index (κ3) is 1.50. The number of aliphatic hydroxyl groups is 1. The molecule has 2 rings (SSSR count). The largest absolute Gasteiger partial charge is 0.389 e. The number of hydrogen-bond donors (Lipinski definition) is 1. The predicted molar refractivity (Wildman–Crippen MR) is 59.2 cm³/mol. The van der Waals surface area contributed by atoms with Crippen LogP contribution in [0.4, 0.5) is 0 Å². The lowest BCUT2D eigenvalue weighted by Gasteiger charge is -2.41. The van der Waals surface area contributed by atoms with E-state index in [4.69, 9.17) is 0 Å². The van der Waals surface area contributed by atoms with Gasteiger partial charge in [0.2, 0.25) is 0 Å². The molecule has 0 aliphatic heterocycles. The maximum absolute atomic E-state index is 10.8. The van der Waals surface area contributed by atoms with E-state index in [0.717, 1.165) is 12.8 Å². The van der Waals surface area contributed by atoms with E-state index in [1.165, 1.54) is 38.5 Å². The zero-order chi connectivity index (χ0) is 10.2. The normalized spacial score (nSPS) is 36.0. The molecule has 0 heterocycles. The number of hydrogen-bond acceptors (Lipinski definition) is 1. The Morgan fingerprint density at radius 3 is 2.14 bits per heavy atom. The van der Waals surface area contributed by atoms with Crippen molar-refractivity contribution in [3.05, 3.63) is 0 Å². The highest BCUT2D eigenvalue weighted by molar-refractivity contribution is 5.05. The Balaban J connectivity index is 2.15. The summed E-state index contributed by atoms with van der Waals surface area (Å²) >= 11 is 0. The second-order valence-corrected chi connectivity index (χ2v) is 5.97. The van der Waals surface area contributed by atoms with Gasteiger partial charge in [0.15, 0.2) is 0 Å². The van der Waals surface area contributed by atoms with E-state index in [-0.39, 0.29) is 5.60 Å². The van der Waals surface area contributed by atoms with Crippen LogP contribution in [0.15, 0.2) is 0 Å². The van der Waals surface area contributed by atoms with Gasteiger partial charge in [-0.1, -0.05) is 26.7 Å². The topological polar surface area (TPSA) is 20.2 Å². The highest BCUT2D eigenvalue weighted by atomic mass is 16.3. The van der Waals surface area contributed by atoms with E-state index < -0.39 is 0 Å². The van der Waals surface area contributed by atoms with Gasteiger partial charge in [0.05, 0.1) is 5.60 Å². The van der Waals surface area contributed by atoms with Crippen molar-refractivity contribution in [2.24, 2.45) is 11.3 Å². The highest BCUT2D eigenvalue weighted by Gasteiger charge is 2.54. The minimum atomic E-state index is -0.308. The molecule has 0 amide bonds. The molecule has 1 N–H and O–H groups in total. The van der Waals surface area contributed by atoms with E-state index in [1.807, 2.05) is 0 Å². The molecule has 0 aromatic heterocycles. The molecule has 2 saturated carbocycles. The summed E-state index contributed by atoms with van der Waals surface area (Å²) in [5.41, 5.74) is 0.0228. The first-order valence-corrected chi connectivity index (χ1v) is 6.30. The first-order chi connectivity index (χ1) is 6.58. The molecule has 14 heavy (non-hydrogen) atoms. The molecule has 82 valence electrons. The summed E-state index contributed by atoms with van der Waals surface area (Å²) in [6.45, 7) is 4.47. The molecule has 0 aromatic rings. The minimum absolute atomic E-state index is 0.308. The van der Waals surface area contributed by atoms with Gasteiger partial charge in [-0.15, -0.1) is 0 Å². The lowest BCUT2D eigenvalue weighted by atomic mass is 9.69. The minimum Gasteiger partial charge on any atom is -0.389 e. The molecule has 2 aliphatic rings. The van der Waals surface area contributed by atoms with Gasteiger partial charge in [-0.2, -0.15) is 0 Å². The van der Waals surface area contributed by atoms with Crippen LogP contribution >= 0.6 is 0 Å². The monoisotopic (exact) mass is 196 g/mol. The molecule has 1 atom stereocenters. The molecule has 0 aromatic carbocycles. The fourth-order valence-electron chi connectivity index (χ4n) is 3.98. The van der Waals surface area contributed by atoms with Gasteiger partial charge in [-0.25, -0.2) is 0 Å². The standard InChI is InChI=1S/C13H24O/c1-11(2)10-13(14)9-5-8-12(13)6-3-4-7-12/h11,14H,3-10H2,1-2H3. The second kappa shape index (κ2) is 3.52. The third-order valence-electron chi connectivity index (χ3n) is 4.54. The zero-order valence-electron chi connectivity index (χ0n) is 9.68. The first-order valence-electron chi connectivity index (χ1n) is 6.30. The van der Waals surface area contributed by atoms with Crippen molar-refractivity contribution in [2.45, 2.75) is 70.8 Å². The average molecular weight is 196 g/mol. The van der Waals surface area contributed by atoms with Gasteiger partial charge in [0, 0.05) is 0 Å². The Hall–Kier alpha value is -0.0400. The van der Waals surface area contributed by atoms with Crippen LogP contribution in [0, 0.1) is 11.3 Å². The molecule has 0 bridgehead atoms. The highest BCUT2D eigenvalue weighted by Crippen LogP contribution is 2.58. The maximum atomic E-state index is 10.8. The van der Waals surface area contributed by atoms with Crippen molar-refractivity contribution in [3.8, 4) is 0 Å². The Kier molecular flexibility index (Phi) is 2.63. The van der Waals surface area contributed by atoms with E-state index in [2.05, 4.69) is 13.8 Å². The van der Waals surface area contributed by atoms with Crippen molar-refractivity contribution in [2.75, 3.05) is 0 Å². The van der Waals surface area contributed by atoms with Crippen LogP contribution in [-0.4, -0.2) is 10.7 Å². The van der Waals surface area contributed by atoms with Crippen molar-refractivity contribution >= 4 is 0 Å². The van der Waals surface area contributed by atoms with Crippen LogP contribution in [0.1, 0.15) is 65.2 Å². The lowest BCUT2D eigenvalue weighted by Crippen LogP contribution is -2.43. The Bertz CT molecular complexity index is 198. The summed E-state index contributed by atoms with van der Waals surface area (Å²) in [5, 5.41) is 10.8. The SMILES string of the molecule is CC(C)CC1(O)CCCC12CCCC2. The number of rotatable bonds is 2. The molecule has 2 aliphatic carbocycles. The third-order valence-corrected chi connectivity index (χ3v) is 4.54. The van der Waals surface area contributed by atoms with Crippen LogP contribution in [-0.2, 0) is 0 Å². The van der Waals surface area contributed by atoms with Crippen molar-refractivity contribution < 1.29 is 5.11 Å². The molecule has 1 spiro atoms. The van der Waals surface area contributed by atoms with Crippen molar-refractivity contribution in [1.29, 1.82) is 0 Å². The van der Waals surface area contributed by atoms with Gasteiger partial charge in [0.25, 0.3) is 0 Å². The maximum Gasteiger partial charge on any atom is 0.0706 e. The van der Waals surface area contributed by atoms with E-state index in [9.17, 15) is 5.11 Å².